The Morgan fingerprint density at radius 2 is 1.81 bits per heavy atom. The monoisotopic (exact) mass is 313 g/mol. The third-order valence-electron chi connectivity index (χ3n) is 2.82. The van der Waals surface area contributed by atoms with Gasteiger partial charge in [-0.2, -0.15) is 4.31 Å². The molecule has 21 heavy (non-hydrogen) atoms. The number of carbonyl (C=O) groups is 2. The summed E-state index contributed by atoms with van der Waals surface area (Å²) in [5.74, 6) is -0.922. The highest BCUT2D eigenvalue weighted by atomic mass is 32.2. The van der Waals surface area contributed by atoms with Gasteiger partial charge in [-0.15, -0.1) is 0 Å². The third kappa shape index (κ3) is 5.52. The van der Waals surface area contributed by atoms with Gasteiger partial charge in [0, 0.05) is 12.7 Å². The highest BCUT2D eigenvalue weighted by Crippen LogP contribution is 2.10. The van der Waals surface area contributed by atoms with Gasteiger partial charge in [0.2, 0.25) is 21.8 Å². The van der Waals surface area contributed by atoms with Crippen molar-refractivity contribution in [2.24, 2.45) is 5.73 Å². The molecule has 116 valence electrons. The predicted octanol–water partition coefficient (Wildman–Crippen LogP) is -0.0656. The summed E-state index contributed by atoms with van der Waals surface area (Å²) in [5.41, 5.74) is 6.35. The van der Waals surface area contributed by atoms with Gasteiger partial charge in [0.15, 0.2) is 0 Å². The standard InChI is InChI=1S/C13H19N3O4S/c1-3-21(19,20)16(2)9-13(18)15-11-6-4-10(5-7-11)8-12(14)17/h4-7H,3,8-9H2,1-2H3,(H2,14,17)(H,15,18). The lowest BCUT2D eigenvalue weighted by molar-refractivity contribution is -0.117. The first-order chi connectivity index (χ1) is 9.74. The van der Waals surface area contributed by atoms with Gasteiger partial charge in [-0.05, 0) is 24.6 Å². The van der Waals surface area contributed by atoms with E-state index in [1.807, 2.05) is 0 Å². The molecule has 2 amide bonds. The van der Waals surface area contributed by atoms with Crippen molar-refractivity contribution in [3.8, 4) is 0 Å². The number of hydrogen-bond donors (Lipinski definition) is 2. The molecular formula is C13H19N3O4S. The van der Waals surface area contributed by atoms with Crippen LogP contribution in [0.4, 0.5) is 5.69 Å². The molecule has 3 N–H and O–H groups in total. The Balaban J connectivity index is 2.61. The molecule has 0 bridgehead atoms. The van der Waals surface area contributed by atoms with Crippen molar-refractivity contribution in [2.75, 3.05) is 24.7 Å². The molecular weight excluding hydrogens is 294 g/mol. The Bertz CT molecular complexity index is 611. The molecule has 8 heteroatoms. The number of primary amides is 1. The van der Waals surface area contributed by atoms with Gasteiger partial charge in [0.05, 0.1) is 18.7 Å². The van der Waals surface area contributed by atoms with Crippen LogP contribution in [0.5, 0.6) is 0 Å². The van der Waals surface area contributed by atoms with E-state index in [-0.39, 0.29) is 18.7 Å². The maximum Gasteiger partial charge on any atom is 0.239 e. The second-order valence-corrected chi connectivity index (χ2v) is 6.91. The Labute approximate surface area is 124 Å². The average Bonchev–Trinajstić information content (AvgIpc) is 2.40. The zero-order valence-electron chi connectivity index (χ0n) is 12.0. The summed E-state index contributed by atoms with van der Waals surface area (Å²) in [6, 6.07) is 6.61. The number of likely N-dealkylation sites (N-methyl/N-ethyl adjacent to an activating group) is 1. The molecule has 0 saturated carbocycles. The number of hydrogen-bond acceptors (Lipinski definition) is 4. The average molecular weight is 313 g/mol. The maximum atomic E-state index is 11.8. The number of rotatable bonds is 7. The minimum atomic E-state index is -3.38. The third-order valence-corrected chi connectivity index (χ3v) is 4.63. The molecule has 0 aliphatic heterocycles. The number of benzene rings is 1. The smallest absolute Gasteiger partial charge is 0.239 e. The van der Waals surface area contributed by atoms with Crippen LogP contribution >= 0.6 is 0 Å². The Kier molecular flexibility index (Phi) is 5.86. The minimum Gasteiger partial charge on any atom is -0.369 e. The van der Waals surface area contributed by atoms with E-state index in [1.165, 1.54) is 14.0 Å². The Morgan fingerprint density at radius 3 is 2.29 bits per heavy atom. The van der Waals surface area contributed by atoms with Gasteiger partial charge in [-0.25, -0.2) is 8.42 Å². The molecule has 0 radical (unpaired) electrons. The summed E-state index contributed by atoms with van der Waals surface area (Å²) in [4.78, 5) is 22.5. The lowest BCUT2D eigenvalue weighted by Crippen LogP contribution is -2.35. The van der Waals surface area contributed by atoms with Crippen LogP contribution in [0.15, 0.2) is 24.3 Å². The summed E-state index contributed by atoms with van der Waals surface area (Å²) >= 11 is 0. The molecule has 0 saturated heterocycles. The van der Waals surface area contributed by atoms with Crippen LogP contribution in [-0.4, -0.2) is 43.9 Å². The number of amides is 2. The molecule has 1 rings (SSSR count). The number of nitrogens with zero attached hydrogens (tertiary/aromatic N) is 1. The van der Waals surface area contributed by atoms with E-state index in [0.29, 0.717) is 5.69 Å². The van der Waals surface area contributed by atoms with Crippen LogP contribution in [0.2, 0.25) is 0 Å². The normalized spacial score (nSPS) is 11.4. The van der Waals surface area contributed by atoms with E-state index in [9.17, 15) is 18.0 Å². The largest absolute Gasteiger partial charge is 0.369 e. The maximum absolute atomic E-state index is 11.8. The first-order valence-electron chi connectivity index (χ1n) is 6.35. The first-order valence-corrected chi connectivity index (χ1v) is 7.96. The minimum absolute atomic E-state index is 0.0570. The van der Waals surface area contributed by atoms with Crippen molar-refractivity contribution in [1.82, 2.24) is 4.31 Å². The fraction of sp³-hybridized carbons (Fsp3) is 0.385. The lowest BCUT2D eigenvalue weighted by Gasteiger charge is -2.15. The Morgan fingerprint density at radius 1 is 1.24 bits per heavy atom. The molecule has 1 aromatic carbocycles. The van der Waals surface area contributed by atoms with E-state index in [2.05, 4.69) is 5.32 Å². The van der Waals surface area contributed by atoms with E-state index in [1.54, 1.807) is 24.3 Å². The van der Waals surface area contributed by atoms with Crippen molar-refractivity contribution >= 4 is 27.5 Å². The zero-order valence-corrected chi connectivity index (χ0v) is 12.8. The number of anilines is 1. The number of nitrogens with one attached hydrogen (secondary N) is 1. The Hall–Kier alpha value is -1.93. The number of carbonyl (C=O) groups excluding carboxylic acids is 2. The first kappa shape index (κ1) is 17.1. The highest BCUT2D eigenvalue weighted by Gasteiger charge is 2.18. The van der Waals surface area contributed by atoms with E-state index in [0.717, 1.165) is 9.87 Å². The van der Waals surface area contributed by atoms with Crippen molar-refractivity contribution in [3.63, 3.8) is 0 Å². The summed E-state index contributed by atoms with van der Waals surface area (Å²) in [7, 11) is -2.03. The fourth-order valence-electron chi connectivity index (χ4n) is 1.63. The molecule has 0 unspecified atom stereocenters. The van der Waals surface area contributed by atoms with Crippen LogP contribution in [0.3, 0.4) is 0 Å². The SMILES string of the molecule is CCS(=O)(=O)N(C)CC(=O)Nc1ccc(CC(N)=O)cc1. The molecule has 0 aliphatic carbocycles. The number of nitrogens with two attached hydrogens (primary N) is 1. The van der Waals surface area contributed by atoms with Crippen LogP contribution in [-0.2, 0) is 26.0 Å². The van der Waals surface area contributed by atoms with Crippen molar-refractivity contribution in [2.45, 2.75) is 13.3 Å². The van der Waals surface area contributed by atoms with E-state index in [4.69, 9.17) is 5.73 Å². The van der Waals surface area contributed by atoms with Crippen LogP contribution in [0.1, 0.15) is 12.5 Å². The van der Waals surface area contributed by atoms with Crippen molar-refractivity contribution in [3.05, 3.63) is 29.8 Å². The molecule has 0 aliphatic rings. The van der Waals surface area contributed by atoms with Crippen LogP contribution in [0, 0.1) is 0 Å². The second kappa shape index (κ2) is 7.19. The van der Waals surface area contributed by atoms with Gasteiger partial charge >= 0.3 is 0 Å². The molecule has 0 aromatic heterocycles. The predicted molar refractivity (Wildman–Crippen MR) is 80.1 cm³/mol. The van der Waals surface area contributed by atoms with Gasteiger partial charge in [-0.1, -0.05) is 12.1 Å². The quantitative estimate of drug-likeness (QED) is 0.734. The molecule has 0 atom stereocenters. The molecule has 0 heterocycles. The van der Waals surface area contributed by atoms with Crippen molar-refractivity contribution in [1.29, 1.82) is 0 Å². The van der Waals surface area contributed by atoms with E-state index >= 15 is 0 Å². The van der Waals surface area contributed by atoms with Gasteiger partial charge in [-0.3, -0.25) is 9.59 Å². The number of sulfonamides is 1. The van der Waals surface area contributed by atoms with Gasteiger partial charge in [0.25, 0.3) is 0 Å². The van der Waals surface area contributed by atoms with E-state index < -0.39 is 21.8 Å². The summed E-state index contributed by atoms with van der Waals surface area (Å²) in [5, 5.41) is 2.59. The summed E-state index contributed by atoms with van der Waals surface area (Å²) in [6.45, 7) is 1.26. The van der Waals surface area contributed by atoms with Gasteiger partial charge < -0.3 is 11.1 Å². The van der Waals surface area contributed by atoms with Crippen LogP contribution in [0.25, 0.3) is 0 Å². The lowest BCUT2D eigenvalue weighted by atomic mass is 10.1. The molecule has 0 fully saturated rings. The van der Waals surface area contributed by atoms with Gasteiger partial charge in [0.1, 0.15) is 0 Å². The molecule has 7 nitrogen and oxygen atoms in total. The summed E-state index contributed by atoms with van der Waals surface area (Å²) < 4.78 is 24.1. The van der Waals surface area contributed by atoms with Crippen LogP contribution < -0.4 is 11.1 Å². The van der Waals surface area contributed by atoms with Crippen molar-refractivity contribution < 1.29 is 18.0 Å². The molecule has 1 aromatic rings. The molecule has 0 spiro atoms. The second-order valence-electron chi connectivity index (χ2n) is 4.54. The summed E-state index contributed by atoms with van der Waals surface area (Å²) in [6.07, 6.45) is 0.131. The fourth-order valence-corrected chi connectivity index (χ4v) is 2.38. The topological polar surface area (TPSA) is 110 Å². The zero-order chi connectivity index (χ0) is 16.0. The highest BCUT2D eigenvalue weighted by molar-refractivity contribution is 7.89.